The summed E-state index contributed by atoms with van der Waals surface area (Å²) in [6.07, 6.45) is 0.330. The largest absolute Gasteiger partial charge is 0.409 e. The number of methoxy groups -OCH3 is 1. The van der Waals surface area contributed by atoms with Crippen LogP contribution in [0.15, 0.2) is 5.16 Å². The van der Waals surface area contributed by atoms with Crippen molar-refractivity contribution in [3.8, 4) is 0 Å². The lowest BCUT2D eigenvalue weighted by Crippen LogP contribution is -2.49. The average molecular weight is 274 g/mol. The fourth-order valence-electron chi connectivity index (χ4n) is 1.76. The molecule has 1 saturated heterocycles. The second kappa shape index (κ2) is 8.54. The van der Waals surface area contributed by atoms with Crippen LogP contribution in [0.2, 0.25) is 0 Å². The van der Waals surface area contributed by atoms with Crippen molar-refractivity contribution in [2.45, 2.75) is 6.42 Å². The van der Waals surface area contributed by atoms with E-state index in [2.05, 4.69) is 5.16 Å². The van der Waals surface area contributed by atoms with E-state index >= 15 is 0 Å². The van der Waals surface area contributed by atoms with Crippen LogP contribution in [-0.4, -0.2) is 80.0 Å². The number of nitrogens with zero attached hydrogens (tertiary/aromatic N) is 3. The summed E-state index contributed by atoms with van der Waals surface area (Å²) in [4.78, 5) is 15.7. The number of morpholine rings is 1. The van der Waals surface area contributed by atoms with Crippen molar-refractivity contribution < 1.29 is 19.5 Å². The van der Waals surface area contributed by atoms with Crippen LogP contribution in [0.1, 0.15) is 6.42 Å². The molecule has 3 N–H and O–H groups in total. The maximum absolute atomic E-state index is 12.3. The van der Waals surface area contributed by atoms with Crippen LogP contribution in [0, 0.1) is 0 Å². The van der Waals surface area contributed by atoms with Gasteiger partial charge in [0.2, 0.25) is 0 Å². The average Bonchev–Trinajstić information content (AvgIpc) is 2.47. The number of hydrogen-bond donors (Lipinski definition) is 2. The molecule has 0 aromatic carbocycles. The van der Waals surface area contributed by atoms with Gasteiger partial charge in [-0.15, -0.1) is 0 Å². The molecule has 0 unspecified atom stereocenters. The summed E-state index contributed by atoms with van der Waals surface area (Å²) in [5, 5.41) is 11.4. The Morgan fingerprint density at radius 3 is 2.74 bits per heavy atom. The number of rotatable bonds is 6. The highest BCUT2D eigenvalue weighted by molar-refractivity contribution is 5.81. The van der Waals surface area contributed by atoms with Gasteiger partial charge in [-0.3, -0.25) is 0 Å². The molecule has 1 rings (SSSR count). The Kier molecular flexibility index (Phi) is 6.98. The minimum Gasteiger partial charge on any atom is -0.409 e. The predicted octanol–water partition coefficient (Wildman–Crippen LogP) is -0.476. The summed E-state index contributed by atoms with van der Waals surface area (Å²) in [6, 6.07) is -0.0638. The molecular weight excluding hydrogens is 252 g/mol. The van der Waals surface area contributed by atoms with E-state index < -0.39 is 0 Å². The lowest BCUT2D eigenvalue weighted by atomic mass is 10.3. The van der Waals surface area contributed by atoms with Crippen LogP contribution in [-0.2, 0) is 9.47 Å². The van der Waals surface area contributed by atoms with Gasteiger partial charge in [0, 0.05) is 39.7 Å². The van der Waals surface area contributed by atoms with E-state index in [1.807, 2.05) is 0 Å². The standard InChI is InChI=1S/C11H22N4O4/c1-18-7-4-14(3-2-10(12)13-17)11(16)15-5-8-19-9-6-15/h17H,2-9H2,1H3,(H2,12,13). The topological polar surface area (TPSA) is 101 Å². The van der Waals surface area contributed by atoms with Crippen molar-refractivity contribution in [1.29, 1.82) is 0 Å². The highest BCUT2D eigenvalue weighted by atomic mass is 16.5. The number of carbonyl (C=O) groups is 1. The third-order valence-electron chi connectivity index (χ3n) is 2.88. The molecule has 0 saturated carbocycles. The Balaban J connectivity index is 2.52. The third kappa shape index (κ3) is 5.31. The Morgan fingerprint density at radius 2 is 2.16 bits per heavy atom. The molecule has 8 heteroatoms. The summed E-state index contributed by atoms with van der Waals surface area (Å²) < 4.78 is 10.2. The van der Waals surface area contributed by atoms with Gasteiger partial charge >= 0.3 is 6.03 Å². The summed E-state index contributed by atoms with van der Waals surface area (Å²) in [7, 11) is 1.58. The van der Waals surface area contributed by atoms with Gasteiger partial charge < -0.3 is 30.2 Å². The highest BCUT2D eigenvalue weighted by Crippen LogP contribution is 2.04. The molecule has 1 fully saturated rings. The van der Waals surface area contributed by atoms with Gasteiger partial charge in [-0.05, 0) is 0 Å². The number of ether oxygens (including phenoxy) is 2. The van der Waals surface area contributed by atoms with Crippen LogP contribution in [0.4, 0.5) is 4.79 Å². The first-order valence-electron chi connectivity index (χ1n) is 6.26. The van der Waals surface area contributed by atoms with E-state index in [1.165, 1.54) is 0 Å². The van der Waals surface area contributed by atoms with Gasteiger partial charge in [-0.2, -0.15) is 0 Å². The SMILES string of the molecule is COCCN(CCC(N)=NO)C(=O)N1CCOCC1. The molecule has 1 heterocycles. The van der Waals surface area contributed by atoms with Crippen molar-refractivity contribution >= 4 is 11.9 Å². The second-order valence-electron chi connectivity index (χ2n) is 4.20. The summed E-state index contributed by atoms with van der Waals surface area (Å²) in [5.74, 6) is 0.109. The van der Waals surface area contributed by atoms with Crippen molar-refractivity contribution in [2.24, 2.45) is 10.9 Å². The molecule has 8 nitrogen and oxygen atoms in total. The van der Waals surface area contributed by atoms with Gasteiger partial charge in [0.15, 0.2) is 0 Å². The molecule has 2 amide bonds. The van der Waals surface area contributed by atoms with E-state index in [0.717, 1.165) is 0 Å². The van der Waals surface area contributed by atoms with E-state index in [0.29, 0.717) is 52.4 Å². The lowest BCUT2D eigenvalue weighted by molar-refractivity contribution is 0.0410. The molecule has 19 heavy (non-hydrogen) atoms. The first-order chi connectivity index (χ1) is 9.19. The normalized spacial score (nSPS) is 16.5. The van der Waals surface area contributed by atoms with Crippen molar-refractivity contribution in [2.75, 3.05) is 53.1 Å². The van der Waals surface area contributed by atoms with Gasteiger partial charge in [0.1, 0.15) is 5.84 Å². The molecule has 0 bridgehead atoms. The Bertz CT molecular complexity index is 305. The summed E-state index contributed by atoms with van der Waals surface area (Å²) in [5.41, 5.74) is 5.43. The number of amides is 2. The van der Waals surface area contributed by atoms with Crippen LogP contribution >= 0.6 is 0 Å². The quantitative estimate of drug-likeness (QED) is 0.295. The van der Waals surface area contributed by atoms with Gasteiger partial charge in [-0.25, -0.2) is 4.79 Å². The molecule has 0 aromatic rings. The molecule has 0 atom stereocenters. The highest BCUT2D eigenvalue weighted by Gasteiger charge is 2.22. The maximum atomic E-state index is 12.3. The Morgan fingerprint density at radius 1 is 1.47 bits per heavy atom. The minimum absolute atomic E-state index is 0.0638. The molecule has 110 valence electrons. The zero-order valence-electron chi connectivity index (χ0n) is 11.2. The van der Waals surface area contributed by atoms with Crippen LogP contribution < -0.4 is 5.73 Å². The number of amidine groups is 1. The zero-order valence-corrected chi connectivity index (χ0v) is 11.2. The number of carbonyl (C=O) groups excluding carboxylic acids is 1. The fraction of sp³-hybridized carbons (Fsp3) is 0.818. The maximum Gasteiger partial charge on any atom is 0.320 e. The molecule has 1 aliphatic rings. The summed E-state index contributed by atoms with van der Waals surface area (Å²) in [6.45, 7) is 3.62. The van der Waals surface area contributed by atoms with Crippen molar-refractivity contribution in [3.05, 3.63) is 0 Å². The first kappa shape index (κ1) is 15.5. The van der Waals surface area contributed by atoms with Crippen LogP contribution in [0.25, 0.3) is 0 Å². The molecule has 1 aliphatic heterocycles. The van der Waals surface area contributed by atoms with Gasteiger partial charge in [-0.1, -0.05) is 5.16 Å². The molecular formula is C11H22N4O4. The smallest absolute Gasteiger partial charge is 0.320 e. The number of nitrogens with two attached hydrogens (primary N) is 1. The summed E-state index contributed by atoms with van der Waals surface area (Å²) >= 11 is 0. The Labute approximate surface area is 112 Å². The Hall–Kier alpha value is -1.54. The van der Waals surface area contributed by atoms with E-state index in [9.17, 15) is 4.79 Å². The molecule has 0 aliphatic carbocycles. The van der Waals surface area contributed by atoms with Crippen LogP contribution in [0.5, 0.6) is 0 Å². The van der Waals surface area contributed by atoms with Crippen LogP contribution in [0.3, 0.4) is 0 Å². The molecule has 0 radical (unpaired) electrons. The second-order valence-corrected chi connectivity index (χ2v) is 4.20. The third-order valence-corrected chi connectivity index (χ3v) is 2.88. The van der Waals surface area contributed by atoms with E-state index in [-0.39, 0.29) is 11.9 Å². The predicted molar refractivity (Wildman–Crippen MR) is 69.3 cm³/mol. The van der Waals surface area contributed by atoms with Gasteiger partial charge in [0.25, 0.3) is 0 Å². The fourth-order valence-corrected chi connectivity index (χ4v) is 1.76. The van der Waals surface area contributed by atoms with Crippen molar-refractivity contribution in [1.82, 2.24) is 9.80 Å². The monoisotopic (exact) mass is 274 g/mol. The minimum atomic E-state index is -0.0638. The van der Waals surface area contributed by atoms with Gasteiger partial charge in [0.05, 0.1) is 19.8 Å². The zero-order chi connectivity index (χ0) is 14.1. The number of urea groups is 1. The number of hydrogen-bond acceptors (Lipinski definition) is 5. The lowest BCUT2D eigenvalue weighted by Gasteiger charge is -2.32. The van der Waals surface area contributed by atoms with E-state index in [4.69, 9.17) is 20.4 Å². The van der Waals surface area contributed by atoms with Crippen molar-refractivity contribution in [3.63, 3.8) is 0 Å². The molecule has 0 aromatic heterocycles. The molecule has 0 spiro atoms. The van der Waals surface area contributed by atoms with E-state index in [1.54, 1.807) is 16.9 Å². The first-order valence-corrected chi connectivity index (χ1v) is 6.26. The number of oxime groups is 1.